The average molecular weight is 243 g/mol. The van der Waals surface area contributed by atoms with Gasteiger partial charge in [-0.2, -0.15) is 0 Å². The lowest BCUT2D eigenvalue weighted by Gasteiger charge is -2.13. The highest BCUT2D eigenvalue weighted by Crippen LogP contribution is 2.31. The molecule has 0 saturated heterocycles. The largest absolute Gasteiger partial charge is 0.872 e. The summed E-state index contributed by atoms with van der Waals surface area (Å²) >= 11 is 0. The van der Waals surface area contributed by atoms with E-state index in [2.05, 4.69) is 0 Å². The van der Waals surface area contributed by atoms with E-state index in [0.29, 0.717) is 11.3 Å². The lowest BCUT2D eigenvalue weighted by atomic mass is 10.0. The van der Waals surface area contributed by atoms with Crippen LogP contribution in [0.4, 0.5) is 0 Å². The number of para-hydroxylation sites is 1. The van der Waals surface area contributed by atoms with Crippen molar-refractivity contribution in [3.63, 3.8) is 0 Å². The minimum absolute atomic E-state index is 0.238. The molecule has 0 aliphatic heterocycles. The summed E-state index contributed by atoms with van der Waals surface area (Å²) in [5, 5.41) is 20.3. The van der Waals surface area contributed by atoms with Crippen LogP contribution in [-0.4, -0.2) is 18.2 Å². The van der Waals surface area contributed by atoms with Gasteiger partial charge in [0, 0.05) is 5.56 Å². The van der Waals surface area contributed by atoms with Gasteiger partial charge in [-0.05, 0) is 17.7 Å². The van der Waals surface area contributed by atoms with Crippen molar-refractivity contribution in [3.05, 3.63) is 48.0 Å². The normalized spacial score (nSPS) is 10.1. The van der Waals surface area contributed by atoms with E-state index in [0.717, 1.165) is 5.56 Å². The summed E-state index contributed by atoms with van der Waals surface area (Å²) in [6.07, 6.45) is 0. The minimum Gasteiger partial charge on any atom is -0.872 e. The first-order valence-electron chi connectivity index (χ1n) is 5.31. The van der Waals surface area contributed by atoms with Gasteiger partial charge in [0.25, 0.3) is 0 Å². The van der Waals surface area contributed by atoms with Crippen LogP contribution in [-0.2, 0) is 0 Å². The van der Waals surface area contributed by atoms with Gasteiger partial charge in [-0.15, -0.1) is 0 Å². The van der Waals surface area contributed by atoms with Crippen LogP contribution in [0, 0.1) is 0 Å². The standard InChI is InChI=1S/C14H12O4/c1-18-13-5-3-2-4-10(13)9-6-7-12(15)11(8-9)14(16)17/h2-8,15H,1H3,(H,16,17)/p-1. The maximum Gasteiger partial charge on any atom is 0.335 e. The molecule has 0 heterocycles. The zero-order valence-corrected chi connectivity index (χ0v) is 9.71. The Morgan fingerprint density at radius 1 is 1.22 bits per heavy atom. The van der Waals surface area contributed by atoms with Gasteiger partial charge in [0.1, 0.15) is 5.75 Å². The summed E-state index contributed by atoms with van der Waals surface area (Å²) in [7, 11) is 1.54. The number of carboxylic acids is 1. The minimum atomic E-state index is -1.23. The molecule has 0 bridgehead atoms. The Hall–Kier alpha value is -2.49. The number of carboxylic acid groups (broad SMARTS) is 1. The van der Waals surface area contributed by atoms with Crippen molar-refractivity contribution in [2.45, 2.75) is 0 Å². The third-order valence-electron chi connectivity index (χ3n) is 2.63. The molecule has 18 heavy (non-hydrogen) atoms. The van der Waals surface area contributed by atoms with Crippen LogP contribution >= 0.6 is 0 Å². The van der Waals surface area contributed by atoms with Gasteiger partial charge in [-0.1, -0.05) is 36.1 Å². The van der Waals surface area contributed by atoms with E-state index in [-0.39, 0.29) is 5.56 Å². The molecule has 1 N–H and O–H groups in total. The SMILES string of the molecule is COc1ccccc1-c1ccc([O-])c(C(=O)O)c1. The summed E-state index contributed by atoms with van der Waals surface area (Å²) in [5.74, 6) is -1.09. The predicted octanol–water partition coefficient (Wildman–Crippen LogP) is 2.13. The average Bonchev–Trinajstić information content (AvgIpc) is 2.39. The predicted molar refractivity (Wildman–Crippen MR) is 64.8 cm³/mol. The van der Waals surface area contributed by atoms with E-state index in [1.54, 1.807) is 19.2 Å². The van der Waals surface area contributed by atoms with Crippen LogP contribution in [0.1, 0.15) is 10.4 Å². The molecule has 0 saturated carbocycles. The first-order chi connectivity index (χ1) is 8.63. The van der Waals surface area contributed by atoms with E-state index in [1.807, 2.05) is 18.2 Å². The van der Waals surface area contributed by atoms with Crippen molar-refractivity contribution >= 4 is 5.97 Å². The highest BCUT2D eigenvalue weighted by molar-refractivity contribution is 5.92. The summed E-state index contributed by atoms with van der Waals surface area (Å²) in [6.45, 7) is 0. The summed E-state index contributed by atoms with van der Waals surface area (Å²) in [4.78, 5) is 10.9. The molecule has 0 radical (unpaired) electrons. The zero-order valence-electron chi connectivity index (χ0n) is 9.71. The second kappa shape index (κ2) is 4.79. The first kappa shape index (κ1) is 12.0. The molecular weight excluding hydrogens is 232 g/mol. The van der Waals surface area contributed by atoms with Gasteiger partial charge in [-0.25, -0.2) is 4.79 Å². The van der Waals surface area contributed by atoms with Crippen molar-refractivity contribution < 1.29 is 19.7 Å². The van der Waals surface area contributed by atoms with Crippen LogP contribution in [0.25, 0.3) is 11.1 Å². The molecule has 2 aromatic carbocycles. The number of carbonyl (C=O) groups is 1. The molecule has 2 rings (SSSR count). The van der Waals surface area contributed by atoms with Crippen molar-refractivity contribution in [1.29, 1.82) is 0 Å². The lowest BCUT2D eigenvalue weighted by molar-refractivity contribution is -0.268. The second-order valence-corrected chi connectivity index (χ2v) is 3.72. The maximum atomic E-state index is 11.4. The molecule has 0 aliphatic carbocycles. The first-order valence-corrected chi connectivity index (χ1v) is 5.31. The Balaban J connectivity index is 2.58. The lowest BCUT2D eigenvalue weighted by Crippen LogP contribution is -2.03. The fourth-order valence-corrected chi connectivity index (χ4v) is 1.75. The molecule has 0 aromatic heterocycles. The van der Waals surface area contributed by atoms with Crippen molar-refractivity contribution in [1.82, 2.24) is 0 Å². The van der Waals surface area contributed by atoms with Crippen LogP contribution in [0.15, 0.2) is 42.5 Å². The second-order valence-electron chi connectivity index (χ2n) is 3.72. The molecule has 4 heteroatoms. The molecule has 92 valence electrons. The zero-order chi connectivity index (χ0) is 13.1. The Morgan fingerprint density at radius 2 is 1.94 bits per heavy atom. The maximum absolute atomic E-state index is 11.4. The van der Waals surface area contributed by atoms with Gasteiger partial charge < -0.3 is 14.9 Å². The van der Waals surface area contributed by atoms with E-state index in [1.165, 1.54) is 12.1 Å². The number of methoxy groups -OCH3 is 1. The number of rotatable bonds is 3. The van der Waals surface area contributed by atoms with Gasteiger partial charge in [0.2, 0.25) is 0 Å². The molecule has 0 aliphatic rings. The topological polar surface area (TPSA) is 69.6 Å². The Kier molecular flexibility index (Phi) is 3.19. The summed E-state index contributed by atoms with van der Waals surface area (Å²) in [5.41, 5.74) is 1.16. The van der Waals surface area contributed by atoms with E-state index >= 15 is 0 Å². The number of hydrogen-bond acceptors (Lipinski definition) is 3. The van der Waals surface area contributed by atoms with Crippen LogP contribution < -0.4 is 9.84 Å². The van der Waals surface area contributed by atoms with Gasteiger partial charge in [-0.3, -0.25) is 0 Å². The van der Waals surface area contributed by atoms with Crippen LogP contribution in [0.3, 0.4) is 0 Å². The molecule has 0 amide bonds. The smallest absolute Gasteiger partial charge is 0.335 e. The van der Waals surface area contributed by atoms with Crippen LogP contribution in [0.2, 0.25) is 0 Å². The molecule has 0 spiro atoms. The molecule has 0 fully saturated rings. The Morgan fingerprint density at radius 3 is 2.61 bits per heavy atom. The molecule has 0 atom stereocenters. The number of benzene rings is 2. The van der Waals surface area contributed by atoms with Gasteiger partial charge >= 0.3 is 5.97 Å². The molecular formula is C14H11O4-. The number of hydrogen-bond donors (Lipinski definition) is 1. The fourth-order valence-electron chi connectivity index (χ4n) is 1.75. The van der Waals surface area contributed by atoms with Crippen LogP contribution in [0.5, 0.6) is 11.5 Å². The third kappa shape index (κ3) is 2.13. The summed E-state index contributed by atoms with van der Waals surface area (Å²) < 4.78 is 5.20. The number of ether oxygens (including phenoxy) is 1. The highest BCUT2D eigenvalue weighted by atomic mass is 16.5. The number of aromatic carboxylic acids is 1. The van der Waals surface area contributed by atoms with Crippen molar-refractivity contribution in [2.75, 3.05) is 7.11 Å². The van der Waals surface area contributed by atoms with Crippen molar-refractivity contribution in [2.24, 2.45) is 0 Å². The molecule has 2 aromatic rings. The van der Waals surface area contributed by atoms with E-state index in [4.69, 9.17) is 9.84 Å². The van der Waals surface area contributed by atoms with Gasteiger partial charge in [0.05, 0.1) is 12.7 Å². The monoisotopic (exact) mass is 243 g/mol. The quantitative estimate of drug-likeness (QED) is 0.896. The fraction of sp³-hybridized carbons (Fsp3) is 0.0714. The van der Waals surface area contributed by atoms with Crippen molar-refractivity contribution in [3.8, 4) is 22.6 Å². The third-order valence-corrected chi connectivity index (χ3v) is 2.63. The van der Waals surface area contributed by atoms with E-state index < -0.39 is 11.7 Å². The van der Waals surface area contributed by atoms with Gasteiger partial charge in [0.15, 0.2) is 0 Å². The Bertz CT molecular complexity index is 590. The molecule has 0 unspecified atom stereocenters. The van der Waals surface area contributed by atoms with E-state index in [9.17, 15) is 9.90 Å². The summed E-state index contributed by atoms with van der Waals surface area (Å²) in [6, 6.07) is 11.4. The Labute approximate surface area is 104 Å². The molecule has 4 nitrogen and oxygen atoms in total. The highest BCUT2D eigenvalue weighted by Gasteiger charge is 2.09.